The molecule has 21 heavy (non-hydrogen) atoms. The third kappa shape index (κ3) is 4.14. The van der Waals surface area contributed by atoms with Crippen LogP contribution in [-0.4, -0.2) is 12.2 Å². The molecule has 6 unspecified atom stereocenters. The van der Waals surface area contributed by atoms with Crippen LogP contribution in [0.5, 0.6) is 0 Å². The Bertz CT molecular complexity index is 328. The van der Waals surface area contributed by atoms with Crippen molar-refractivity contribution in [2.24, 2.45) is 35.3 Å². The standard InChI is InChI=1S/C17H30F3N/c1-11-7-10-15(17(18,19)20)12(2)14(11)9-8-13-5-3-4-6-16(13)21/h11-16H,3-10,21H2,1-2H3. The fourth-order valence-electron chi connectivity index (χ4n) is 4.75. The monoisotopic (exact) mass is 305 g/mol. The zero-order valence-electron chi connectivity index (χ0n) is 13.3. The lowest BCUT2D eigenvalue weighted by atomic mass is 9.65. The van der Waals surface area contributed by atoms with E-state index in [1.165, 1.54) is 19.3 Å². The first-order valence-electron chi connectivity index (χ1n) is 8.63. The lowest BCUT2D eigenvalue weighted by Gasteiger charge is -2.42. The maximum absolute atomic E-state index is 13.1. The zero-order chi connectivity index (χ0) is 15.6. The second-order valence-electron chi connectivity index (χ2n) is 7.51. The van der Waals surface area contributed by atoms with Gasteiger partial charge in [-0.15, -0.1) is 0 Å². The van der Waals surface area contributed by atoms with Crippen LogP contribution in [0, 0.1) is 29.6 Å². The first-order valence-corrected chi connectivity index (χ1v) is 8.63. The maximum Gasteiger partial charge on any atom is 0.392 e. The van der Waals surface area contributed by atoms with Crippen LogP contribution in [0.25, 0.3) is 0 Å². The van der Waals surface area contributed by atoms with Gasteiger partial charge in [-0.1, -0.05) is 26.7 Å². The molecule has 2 N–H and O–H groups in total. The minimum Gasteiger partial charge on any atom is -0.327 e. The summed E-state index contributed by atoms with van der Waals surface area (Å²) in [6.45, 7) is 3.95. The van der Waals surface area contributed by atoms with Gasteiger partial charge in [-0.25, -0.2) is 0 Å². The Balaban J connectivity index is 1.93. The van der Waals surface area contributed by atoms with Gasteiger partial charge in [0.05, 0.1) is 5.92 Å². The van der Waals surface area contributed by atoms with Gasteiger partial charge in [0.2, 0.25) is 0 Å². The van der Waals surface area contributed by atoms with Crippen LogP contribution >= 0.6 is 0 Å². The van der Waals surface area contributed by atoms with Gasteiger partial charge >= 0.3 is 6.18 Å². The van der Waals surface area contributed by atoms with Crippen molar-refractivity contribution in [3.63, 3.8) is 0 Å². The summed E-state index contributed by atoms with van der Waals surface area (Å²) < 4.78 is 39.4. The van der Waals surface area contributed by atoms with Crippen LogP contribution in [0.3, 0.4) is 0 Å². The van der Waals surface area contributed by atoms with E-state index in [2.05, 4.69) is 6.92 Å². The van der Waals surface area contributed by atoms with Gasteiger partial charge in [0.1, 0.15) is 0 Å². The zero-order valence-corrected chi connectivity index (χ0v) is 13.3. The lowest BCUT2D eigenvalue weighted by molar-refractivity contribution is -0.204. The summed E-state index contributed by atoms with van der Waals surface area (Å²) >= 11 is 0. The highest BCUT2D eigenvalue weighted by Crippen LogP contribution is 2.48. The second kappa shape index (κ2) is 6.89. The summed E-state index contributed by atoms with van der Waals surface area (Å²) in [6.07, 6.45) is 3.65. The highest BCUT2D eigenvalue weighted by molar-refractivity contribution is 4.88. The molecule has 0 aromatic heterocycles. The molecule has 124 valence electrons. The summed E-state index contributed by atoms with van der Waals surface area (Å²) in [5, 5.41) is 0. The molecule has 6 atom stereocenters. The number of hydrogen-bond acceptors (Lipinski definition) is 1. The van der Waals surface area contributed by atoms with Crippen molar-refractivity contribution >= 4 is 0 Å². The minimum atomic E-state index is -4.03. The van der Waals surface area contributed by atoms with E-state index in [-0.39, 0.29) is 17.9 Å². The van der Waals surface area contributed by atoms with Crippen molar-refractivity contribution in [3.05, 3.63) is 0 Å². The molecule has 4 heteroatoms. The Morgan fingerprint density at radius 3 is 2.24 bits per heavy atom. The van der Waals surface area contributed by atoms with E-state index >= 15 is 0 Å². The van der Waals surface area contributed by atoms with Crippen LogP contribution in [-0.2, 0) is 0 Å². The van der Waals surface area contributed by atoms with E-state index in [1.807, 2.05) is 6.92 Å². The molecule has 0 aromatic rings. The van der Waals surface area contributed by atoms with E-state index in [0.717, 1.165) is 25.7 Å². The smallest absolute Gasteiger partial charge is 0.327 e. The van der Waals surface area contributed by atoms with Crippen molar-refractivity contribution in [2.45, 2.75) is 77.4 Å². The number of alkyl halides is 3. The molecule has 0 spiro atoms. The normalized spacial score (nSPS) is 42.0. The van der Waals surface area contributed by atoms with E-state index in [9.17, 15) is 13.2 Å². The predicted molar refractivity (Wildman–Crippen MR) is 79.8 cm³/mol. The molecule has 0 amide bonds. The fraction of sp³-hybridized carbons (Fsp3) is 1.00. The van der Waals surface area contributed by atoms with E-state index in [4.69, 9.17) is 5.73 Å². The molecule has 2 aliphatic carbocycles. The molecule has 0 saturated heterocycles. The fourth-order valence-corrected chi connectivity index (χ4v) is 4.75. The summed E-state index contributed by atoms with van der Waals surface area (Å²) in [7, 11) is 0. The molecule has 2 saturated carbocycles. The summed E-state index contributed by atoms with van der Waals surface area (Å²) in [6, 6.07) is 0.270. The molecule has 0 aliphatic heterocycles. The predicted octanol–water partition coefficient (Wildman–Crippen LogP) is 5.14. The van der Waals surface area contributed by atoms with E-state index in [0.29, 0.717) is 18.3 Å². The third-order valence-electron chi connectivity index (χ3n) is 6.23. The van der Waals surface area contributed by atoms with Crippen LogP contribution in [0.15, 0.2) is 0 Å². The van der Waals surface area contributed by atoms with Gasteiger partial charge in [0.25, 0.3) is 0 Å². The quantitative estimate of drug-likeness (QED) is 0.767. The number of halogens is 3. The van der Waals surface area contributed by atoms with Gasteiger partial charge in [0.15, 0.2) is 0 Å². The van der Waals surface area contributed by atoms with Gasteiger partial charge in [0, 0.05) is 6.04 Å². The summed E-state index contributed by atoms with van der Waals surface area (Å²) in [5.74, 6) is -0.186. The molecule has 0 radical (unpaired) electrons. The first-order chi connectivity index (χ1) is 9.80. The van der Waals surface area contributed by atoms with Gasteiger partial charge in [-0.2, -0.15) is 13.2 Å². The van der Waals surface area contributed by atoms with Crippen molar-refractivity contribution in [1.29, 1.82) is 0 Å². The molecule has 0 bridgehead atoms. The molecule has 0 aromatic carbocycles. The van der Waals surface area contributed by atoms with E-state index in [1.54, 1.807) is 0 Å². The van der Waals surface area contributed by atoms with Gasteiger partial charge < -0.3 is 5.73 Å². The van der Waals surface area contributed by atoms with Crippen LogP contribution < -0.4 is 5.73 Å². The molecule has 1 nitrogen and oxygen atoms in total. The third-order valence-corrected chi connectivity index (χ3v) is 6.23. The van der Waals surface area contributed by atoms with Crippen LogP contribution in [0.1, 0.15) is 65.2 Å². The van der Waals surface area contributed by atoms with Crippen LogP contribution in [0.2, 0.25) is 0 Å². The Morgan fingerprint density at radius 1 is 0.952 bits per heavy atom. The minimum absolute atomic E-state index is 0.208. The number of rotatable bonds is 3. The maximum atomic E-state index is 13.1. The summed E-state index contributed by atoms with van der Waals surface area (Å²) in [5.41, 5.74) is 6.18. The number of nitrogens with two attached hydrogens (primary N) is 1. The molecule has 2 fully saturated rings. The Labute approximate surface area is 126 Å². The SMILES string of the molecule is CC1CCC(C(F)(F)F)C(C)C1CCC1CCCCC1N. The molecular weight excluding hydrogens is 275 g/mol. The highest BCUT2D eigenvalue weighted by Gasteiger charge is 2.48. The Hall–Kier alpha value is -0.250. The largest absolute Gasteiger partial charge is 0.392 e. The number of hydrogen-bond donors (Lipinski definition) is 1. The van der Waals surface area contributed by atoms with E-state index < -0.39 is 12.1 Å². The average Bonchev–Trinajstić information content (AvgIpc) is 2.38. The summed E-state index contributed by atoms with van der Waals surface area (Å²) in [4.78, 5) is 0. The molecule has 2 rings (SSSR count). The Morgan fingerprint density at radius 2 is 1.62 bits per heavy atom. The van der Waals surface area contributed by atoms with Gasteiger partial charge in [-0.05, 0) is 62.2 Å². The van der Waals surface area contributed by atoms with Crippen LogP contribution in [0.4, 0.5) is 13.2 Å². The molecule has 0 heterocycles. The van der Waals surface area contributed by atoms with Crippen molar-refractivity contribution < 1.29 is 13.2 Å². The Kier molecular flexibility index (Phi) is 5.61. The first kappa shape index (κ1) is 17.1. The lowest BCUT2D eigenvalue weighted by Crippen LogP contribution is -2.40. The molecule has 2 aliphatic rings. The average molecular weight is 305 g/mol. The van der Waals surface area contributed by atoms with Crippen molar-refractivity contribution in [2.75, 3.05) is 0 Å². The van der Waals surface area contributed by atoms with Gasteiger partial charge in [-0.3, -0.25) is 0 Å². The van der Waals surface area contributed by atoms with Crippen molar-refractivity contribution in [1.82, 2.24) is 0 Å². The molecular formula is C17H30F3N. The topological polar surface area (TPSA) is 26.0 Å². The second-order valence-corrected chi connectivity index (χ2v) is 7.51. The van der Waals surface area contributed by atoms with Crippen molar-refractivity contribution in [3.8, 4) is 0 Å². The highest BCUT2D eigenvalue weighted by atomic mass is 19.4.